The molecule has 0 aliphatic carbocycles. The molecule has 15 heavy (non-hydrogen) atoms. The maximum atomic E-state index is 10.7. The number of fused-ring (bicyclic) bond motifs is 1. The molecule has 2 rings (SSSR count). The molecule has 1 N–H and O–H groups in total. The summed E-state index contributed by atoms with van der Waals surface area (Å²) in [6.07, 6.45) is 0. The van der Waals surface area contributed by atoms with Gasteiger partial charge in [-0.1, -0.05) is 11.6 Å². The van der Waals surface area contributed by atoms with Crippen molar-refractivity contribution >= 4 is 47.3 Å². The van der Waals surface area contributed by atoms with Crippen molar-refractivity contribution in [3.8, 4) is 0 Å². The first-order chi connectivity index (χ1) is 6.66. The van der Waals surface area contributed by atoms with Gasteiger partial charge < -0.3 is 5.11 Å². The van der Waals surface area contributed by atoms with E-state index in [1.807, 2.05) is 0 Å². The van der Waals surface area contributed by atoms with E-state index in [4.69, 9.17) is 16.7 Å². The second kappa shape index (κ2) is 4.67. The van der Waals surface area contributed by atoms with Crippen molar-refractivity contribution in [1.82, 2.24) is 4.98 Å². The molecule has 0 saturated carbocycles. The molecule has 1 aromatic heterocycles. The Kier molecular flexibility index (Phi) is 3.76. The number of aromatic carboxylic acids is 1. The molecule has 0 unspecified atom stereocenters. The topological polar surface area (TPSA) is 50.2 Å². The zero-order valence-corrected chi connectivity index (χ0v) is 7.82. The SMILES string of the molecule is O=C(O)c1ccc2nc(Cl)ccc2c1.[LiH]. The number of hydrogen-bond donors (Lipinski definition) is 1. The van der Waals surface area contributed by atoms with E-state index < -0.39 is 5.97 Å². The van der Waals surface area contributed by atoms with Crippen molar-refractivity contribution in [1.29, 1.82) is 0 Å². The van der Waals surface area contributed by atoms with Gasteiger partial charge in [0.05, 0.1) is 11.1 Å². The van der Waals surface area contributed by atoms with Crippen molar-refractivity contribution < 1.29 is 9.90 Å². The molecule has 0 fully saturated rings. The summed E-state index contributed by atoms with van der Waals surface area (Å²) in [5, 5.41) is 9.93. The van der Waals surface area contributed by atoms with Crippen LogP contribution in [0.15, 0.2) is 30.3 Å². The number of halogens is 1. The van der Waals surface area contributed by atoms with E-state index in [1.165, 1.54) is 6.07 Å². The van der Waals surface area contributed by atoms with Crippen LogP contribution in [0.5, 0.6) is 0 Å². The summed E-state index contributed by atoms with van der Waals surface area (Å²) < 4.78 is 0. The summed E-state index contributed by atoms with van der Waals surface area (Å²) in [5.41, 5.74) is 0.948. The van der Waals surface area contributed by atoms with Gasteiger partial charge in [-0.15, -0.1) is 0 Å². The van der Waals surface area contributed by atoms with Gasteiger partial charge in [0, 0.05) is 5.39 Å². The minimum atomic E-state index is -0.943. The van der Waals surface area contributed by atoms with Crippen LogP contribution in [0.25, 0.3) is 10.9 Å². The van der Waals surface area contributed by atoms with E-state index in [-0.39, 0.29) is 24.4 Å². The molecule has 5 heteroatoms. The molecule has 1 heterocycles. The molecular formula is C10H7ClLiNO2. The Morgan fingerprint density at radius 1 is 1.27 bits per heavy atom. The monoisotopic (exact) mass is 215 g/mol. The van der Waals surface area contributed by atoms with Gasteiger partial charge in [0.2, 0.25) is 0 Å². The molecular weight excluding hydrogens is 209 g/mol. The van der Waals surface area contributed by atoms with E-state index in [0.29, 0.717) is 10.7 Å². The fourth-order valence-corrected chi connectivity index (χ4v) is 1.39. The number of carboxylic acid groups (broad SMARTS) is 1. The van der Waals surface area contributed by atoms with Gasteiger partial charge in [0.1, 0.15) is 5.15 Å². The molecule has 1 aromatic carbocycles. The normalized spacial score (nSPS) is 9.67. The van der Waals surface area contributed by atoms with E-state index in [2.05, 4.69) is 4.98 Å². The van der Waals surface area contributed by atoms with Gasteiger partial charge in [-0.2, -0.15) is 0 Å². The molecule has 0 saturated heterocycles. The number of pyridine rings is 1. The molecule has 0 atom stereocenters. The Morgan fingerprint density at radius 3 is 2.67 bits per heavy atom. The van der Waals surface area contributed by atoms with Crippen LogP contribution >= 0.6 is 11.6 Å². The molecule has 72 valence electrons. The first-order valence-corrected chi connectivity index (χ1v) is 4.34. The number of aromatic nitrogens is 1. The Balaban J connectivity index is 0.00000112. The van der Waals surface area contributed by atoms with E-state index in [9.17, 15) is 4.79 Å². The van der Waals surface area contributed by atoms with Crippen LogP contribution in [0.1, 0.15) is 10.4 Å². The van der Waals surface area contributed by atoms with Gasteiger partial charge >= 0.3 is 24.8 Å². The number of rotatable bonds is 1. The van der Waals surface area contributed by atoms with Gasteiger partial charge in [-0.25, -0.2) is 9.78 Å². The Labute approximate surface area is 103 Å². The Bertz CT molecular complexity index is 516. The predicted molar refractivity (Wildman–Crippen MR) is 60.9 cm³/mol. The molecule has 0 radical (unpaired) electrons. The van der Waals surface area contributed by atoms with Crippen molar-refractivity contribution in [2.45, 2.75) is 0 Å². The van der Waals surface area contributed by atoms with E-state index in [0.717, 1.165) is 5.39 Å². The molecule has 3 nitrogen and oxygen atoms in total. The van der Waals surface area contributed by atoms with Gasteiger partial charge in [-0.05, 0) is 30.3 Å². The Hall–Kier alpha value is -1.01. The van der Waals surface area contributed by atoms with Crippen molar-refractivity contribution in [3.05, 3.63) is 41.0 Å². The van der Waals surface area contributed by atoms with Crippen LogP contribution < -0.4 is 0 Å². The fourth-order valence-electron chi connectivity index (χ4n) is 1.23. The average Bonchev–Trinajstić information content (AvgIpc) is 2.16. The maximum absolute atomic E-state index is 10.7. The van der Waals surface area contributed by atoms with Crippen LogP contribution in [0.2, 0.25) is 5.15 Å². The van der Waals surface area contributed by atoms with E-state index in [1.54, 1.807) is 24.3 Å². The molecule has 0 bridgehead atoms. The predicted octanol–water partition coefficient (Wildman–Crippen LogP) is 1.94. The second-order valence-corrected chi connectivity index (χ2v) is 3.23. The molecule has 0 aliphatic rings. The molecule has 2 aromatic rings. The standard InChI is InChI=1S/C10H6ClNO2.Li.H/c11-9-4-2-6-5-7(10(13)14)1-3-8(6)12-9;;/h1-5H,(H,13,14);;. The van der Waals surface area contributed by atoms with Crippen molar-refractivity contribution in [3.63, 3.8) is 0 Å². The Morgan fingerprint density at radius 2 is 2.00 bits per heavy atom. The minimum absolute atomic E-state index is 0. The van der Waals surface area contributed by atoms with Gasteiger partial charge in [0.15, 0.2) is 0 Å². The number of hydrogen-bond acceptors (Lipinski definition) is 2. The van der Waals surface area contributed by atoms with Crippen LogP contribution in [0.4, 0.5) is 0 Å². The van der Waals surface area contributed by atoms with Gasteiger partial charge in [-0.3, -0.25) is 0 Å². The van der Waals surface area contributed by atoms with E-state index >= 15 is 0 Å². The van der Waals surface area contributed by atoms with Crippen LogP contribution in [-0.4, -0.2) is 34.9 Å². The zero-order chi connectivity index (χ0) is 10.1. The summed E-state index contributed by atoms with van der Waals surface area (Å²) in [5.74, 6) is -0.943. The first-order valence-electron chi connectivity index (χ1n) is 3.96. The van der Waals surface area contributed by atoms with Crippen molar-refractivity contribution in [2.75, 3.05) is 0 Å². The number of carbonyl (C=O) groups is 1. The molecule has 0 aliphatic heterocycles. The quantitative estimate of drug-likeness (QED) is 0.584. The molecule has 0 spiro atoms. The number of carboxylic acids is 1. The van der Waals surface area contributed by atoms with Gasteiger partial charge in [0.25, 0.3) is 0 Å². The summed E-state index contributed by atoms with van der Waals surface area (Å²) in [7, 11) is 0. The summed E-state index contributed by atoms with van der Waals surface area (Å²) in [6, 6.07) is 8.10. The zero-order valence-electron chi connectivity index (χ0n) is 7.07. The third-order valence-corrected chi connectivity index (χ3v) is 2.11. The fraction of sp³-hybridized carbons (Fsp3) is 0. The first kappa shape index (κ1) is 12.1. The summed E-state index contributed by atoms with van der Waals surface area (Å²) in [6.45, 7) is 0. The second-order valence-electron chi connectivity index (χ2n) is 2.85. The van der Waals surface area contributed by atoms with Crippen LogP contribution in [-0.2, 0) is 0 Å². The number of benzene rings is 1. The summed E-state index contributed by atoms with van der Waals surface area (Å²) in [4.78, 5) is 14.7. The third kappa shape index (κ3) is 2.51. The molecule has 0 amide bonds. The number of nitrogens with zero attached hydrogens (tertiary/aromatic N) is 1. The van der Waals surface area contributed by atoms with Crippen LogP contribution in [0.3, 0.4) is 0 Å². The summed E-state index contributed by atoms with van der Waals surface area (Å²) >= 11 is 5.69. The average molecular weight is 216 g/mol. The van der Waals surface area contributed by atoms with Crippen LogP contribution in [0, 0.1) is 0 Å². The van der Waals surface area contributed by atoms with Crippen molar-refractivity contribution in [2.24, 2.45) is 0 Å². The third-order valence-electron chi connectivity index (χ3n) is 1.90.